The van der Waals surface area contributed by atoms with Crippen molar-refractivity contribution < 1.29 is 4.79 Å². The summed E-state index contributed by atoms with van der Waals surface area (Å²) in [4.78, 5) is 12.8. The molecule has 0 saturated heterocycles. The summed E-state index contributed by atoms with van der Waals surface area (Å²) in [6.45, 7) is 1.95. The Morgan fingerprint density at radius 2 is 2.43 bits per heavy atom. The molecule has 0 amide bonds. The second-order valence-electron chi connectivity index (χ2n) is 4.00. The van der Waals surface area contributed by atoms with Crippen molar-refractivity contribution in [2.24, 2.45) is 5.41 Å². The molecular weight excluding hydrogens is 194 g/mol. The third-order valence-corrected chi connectivity index (χ3v) is 3.75. The number of nitrogens with zero attached hydrogens (tertiary/aromatic N) is 1. The molecule has 0 aliphatic heterocycles. The zero-order valence-electron chi connectivity index (χ0n) is 7.99. The van der Waals surface area contributed by atoms with Crippen LogP contribution < -0.4 is 0 Å². The molecule has 0 N–H and O–H groups in total. The molecule has 1 fully saturated rings. The van der Waals surface area contributed by atoms with Gasteiger partial charge in [0.1, 0.15) is 5.92 Å². The van der Waals surface area contributed by atoms with Gasteiger partial charge in [-0.3, -0.25) is 4.79 Å². The maximum atomic E-state index is 11.9. The van der Waals surface area contributed by atoms with Gasteiger partial charge in [0, 0.05) is 10.3 Å². The fraction of sp³-hybridized carbons (Fsp3) is 0.455. The zero-order chi connectivity index (χ0) is 10.2. The number of Topliss-reactive ketones (excluding diaryl/α,β-unsaturated/α-hetero) is 1. The second-order valence-corrected chi connectivity index (χ2v) is 4.98. The minimum Gasteiger partial charge on any atom is -0.297 e. The van der Waals surface area contributed by atoms with Crippen molar-refractivity contribution in [3.8, 4) is 6.07 Å². The van der Waals surface area contributed by atoms with Crippen LogP contribution in [0.25, 0.3) is 0 Å². The first-order valence-electron chi connectivity index (χ1n) is 4.65. The molecule has 1 unspecified atom stereocenters. The van der Waals surface area contributed by atoms with E-state index >= 15 is 0 Å². The first-order valence-corrected chi connectivity index (χ1v) is 5.53. The van der Waals surface area contributed by atoms with E-state index in [0.29, 0.717) is 0 Å². The molecule has 0 aromatic carbocycles. The molecule has 3 heteroatoms. The van der Waals surface area contributed by atoms with E-state index in [2.05, 4.69) is 6.07 Å². The van der Waals surface area contributed by atoms with Crippen LogP contribution in [-0.4, -0.2) is 5.78 Å². The summed E-state index contributed by atoms with van der Waals surface area (Å²) < 4.78 is 0. The van der Waals surface area contributed by atoms with Crippen LogP contribution in [0.1, 0.15) is 30.6 Å². The van der Waals surface area contributed by atoms with Gasteiger partial charge in [0.25, 0.3) is 0 Å². The summed E-state index contributed by atoms with van der Waals surface area (Å²) in [5.74, 6) is -0.440. The maximum absolute atomic E-state index is 11.9. The van der Waals surface area contributed by atoms with Crippen LogP contribution in [0.4, 0.5) is 0 Å². The van der Waals surface area contributed by atoms with E-state index in [-0.39, 0.29) is 11.2 Å². The topological polar surface area (TPSA) is 40.9 Å². The van der Waals surface area contributed by atoms with Gasteiger partial charge in [0.2, 0.25) is 0 Å². The molecule has 1 aromatic heterocycles. The van der Waals surface area contributed by atoms with Crippen molar-refractivity contribution in [3.63, 3.8) is 0 Å². The van der Waals surface area contributed by atoms with Gasteiger partial charge < -0.3 is 0 Å². The molecule has 0 radical (unpaired) electrons. The van der Waals surface area contributed by atoms with Crippen LogP contribution >= 0.6 is 11.3 Å². The third-order valence-electron chi connectivity index (χ3n) is 2.81. The lowest BCUT2D eigenvalue weighted by molar-refractivity contribution is -0.123. The summed E-state index contributed by atoms with van der Waals surface area (Å²) in [6, 6.07) is 5.86. The Kier molecular flexibility index (Phi) is 2.16. The van der Waals surface area contributed by atoms with Crippen molar-refractivity contribution in [3.05, 3.63) is 22.4 Å². The molecule has 1 aliphatic rings. The monoisotopic (exact) mass is 205 g/mol. The Morgan fingerprint density at radius 1 is 1.71 bits per heavy atom. The zero-order valence-corrected chi connectivity index (χ0v) is 8.80. The lowest BCUT2D eigenvalue weighted by atomic mass is 9.91. The Morgan fingerprint density at radius 3 is 2.86 bits per heavy atom. The normalized spacial score (nSPS) is 19.7. The predicted molar refractivity (Wildman–Crippen MR) is 55.0 cm³/mol. The Labute approximate surface area is 87.2 Å². The van der Waals surface area contributed by atoms with Gasteiger partial charge in [0.05, 0.1) is 6.07 Å². The summed E-state index contributed by atoms with van der Waals surface area (Å²) in [5, 5.41) is 10.9. The van der Waals surface area contributed by atoms with Gasteiger partial charge >= 0.3 is 0 Å². The lowest BCUT2D eigenvalue weighted by Crippen LogP contribution is -2.19. The highest BCUT2D eigenvalue weighted by atomic mass is 32.1. The van der Waals surface area contributed by atoms with E-state index < -0.39 is 5.92 Å². The van der Waals surface area contributed by atoms with Crippen molar-refractivity contribution in [2.75, 3.05) is 0 Å². The Balaban J connectivity index is 2.23. The van der Waals surface area contributed by atoms with E-state index in [1.54, 1.807) is 0 Å². The van der Waals surface area contributed by atoms with Crippen molar-refractivity contribution in [2.45, 2.75) is 25.7 Å². The highest BCUT2D eigenvalue weighted by molar-refractivity contribution is 7.10. The fourth-order valence-electron chi connectivity index (χ4n) is 1.49. The van der Waals surface area contributed by atoms with Gasteiger partial charge in [-0.05, 0) is 24.3 Å². The highest BCUT2D eigenvalue weighted by Gasteiger charge is 2.48. The van der Waals surface area contributed by atoms with Crippen molar-refractivity contribution in [1.29, 1.82) is 5.26 Å². The van der Waals surface area contributed by atoms with Crippen molar-refractivity contribution in [1.82, 2.24) is 0 Å². The fourth-order valence-corrected chi connectivity index (χ4v) is 2.26. The average Bonchev–Trinajstić information content (AvgIpc) is 2.73. The van der Waals surface area contributed by atoms with Gasteiger partial charge in [-0.25, -0.2) is 0 Å². The molecule has 0 spiro atoms. The molecule has 1 aromatic rings. The standard InChI is InChI=1S/C11H11NOS/c1-11(4-5-11)10(13)8(7-12)9-3-2-6-14-9/h2-3,6,8H,4-5H2,1H3. The molecule has 1 heterocycles. The van der Waals surface area contributed by atoms with Crippen LogP contribution in [0.5, 0.6) is 0 Å². The first kappa shape index (κ1) is 9.42. The van der Waals surface area contributed by atoms with Gasteiger partial charge in [0.15, 0.2) is 5.78 Å². The molecule has 14 heavy (non-hydrogen) atoms. The molecule has 0 bridgehead atoms. The molecule has 1 saturated carbocycles. The Bertz CT molecular complexity index is 384. The molecular formula is C11H11NOS. The minimum atomic E-state index is -0.539. The molecule has 72 valence electrons. The quantitative estimate of drug-likeness (QED) is 0.761. The van der Waals surface area contributed by atoms with E-state index in [1.807, 2.05) is 24.4 Å². The van der Waals surface area contributed by atoms with Gasteiger partial charge in [-0.15, -0.1) is 11.3 Å². The van der Waals surface area contributed by atoms with Crippen molar-refractivity contribution >= 4 is 17.1 Å². The van der Waals surface area contributed by atoms with E-state index in [0.717, 1.165) is 17.7 Å². The van der Waals surface area contributed by atoms with E-state index in [1.165, 1.54) is 11.3 Å². The number of carbonyl (C=O) groups excluding carboxylic acids is 1. The SMILES string of the molecule is CC1(C(=O)C(C#N)c2cccs2)CC1. The van der Waals surface area contributed by atoms with Crippen LogP contribution in [0, 0.1) is 16.7 Å². The predicted octanol–water partition coefficient (Wildman–Crippen LogP) is 2.72. The first-order chi connectivity index (χ1) is 6.67. The molecule has 1 atom stereocenters. The molecule has 1 aliphatic carbocycles. The molecule has 2 rings (SSSR count). The van der Waals surface area contributed by atoms with Crippen LogP contribution in [0.15, 0.2) is 17.5 Å². The molecule has 2 nitrogen and oxygen atoms in total. The summed E-state index contributed by atoms with van der Waals surface area (Å²) in [7, 11) is 0. The average molecular weight is 205 g/mol. The number of thiophene rings is 1. The lowest BCUT2D eigenvalue weighted by Gasteiger charge is -2.10. The van der Waals surface area contributed by atoms with Gasteiger partial charge in [-0.1, -0.05) is 13.0 Å². The number of hydrogen-bond acceptors (Lipinski definition) is 3. The van der Waals surface area contributed by atoms with E-state index in [4.69, 9.17) is 5.26 Å². The van der Waals surface area contributed by atoms with Crippen LogP contribution in [0.3, 0.4) is 0 Å². The third kappa shape index (κ3) is 1.46. The summed E-state index contributed by atoms with van der Waals surface area (Å²) >= 11 is 1.48. The minimum absolute atomic E-state index is 0.0995. The number of carbonyl (C=O) groups is 1. The highest BCUT2D eigenvalue weighted by Crippen LogP contribution is 2.49. The number of rotatable bonds is 3. The van der Waals surface area contributed by atoms with Gasteiger partial charge in [-0.2, -0.15) is 5.26 Å². The van der Waals surface area contributed by atoms with Crippen LogP contribution in [0.2, 0.25) is 0 Å². The Hall–Kier alpha value is -1.14. The number of ketones is 1. The second kappa shape index (κ2) is 3.21. The maximum Gasteiger partial charge on any atom is 0.161 e. The summed E-state index contributed by atoms with van der Waals surface area (Å²) in [6.07, 6.45) is 1.88. The number of hydrogen-bond donors (Lipinski definition) is 0. The van der Waals surface area contributed by atoms with Crippen LogP contribution in [-0.2, 0) is 4.79 Å². The number of nitriles is 1. The largest absolute Gasteiger partial charge is 0.297 e. The van der Waals surface area contributed by atoms with E-state index in [9.17, 15) is 4.79 Å². The summed E-state index contributed by atoms with van der Waals surface area (Å²) in [5.41, 5.74) is -0.204. The smallest absolute Gasteiger partial charge is 0.161 e.